The van der Waals surface area contributed by atoms with E-state index >= 15 is 0 Å². The zero-order valence-electron chi connectivity index (χ0n) is 6.88. The molecule has 0 amide bonds. The minimum Gasteiger partial charge on any atom is -0.464 e. The van der Waals surface area contributed by atoms with Crippen molar-refractivity contribution in [3.63, 3.8) is 0 Å². The second kappa shape index (κ2) is 4.00. The highest BCUT2D eigenvalue weighted by molar-refractivity contribution is 7.11. The molecule has 0 atom stereocenters. The quantitative estimate of drug-likeness (QED) is 0.747. The Labute approximate surface area is 80.0 Å². The number of rotatable bonds is 3. The lowest BCUT2D eigenvalue weighted by Crippen LogP contribution is -1.94. The van der Waals surface area contributed by atoms with Crippen LogP contribution < -0.4 is 4.74 Å². The molecule has 0 saturated carbocycles. The Morgan fingerprint density at radius 3 is 2.77 bits per heavy atom. The van der Waals surface area contributed by atoms with E-state index in [1.54, 1.807) is 5.51 Å². The highest BCUT2D eigenvalue weighted by Gasteiger charge is 1.96. The highest BCUT2D eigenvalue weighted by Crippen LogP contribution is 2.13. The Balaban J connectivity index is 1.94. The van der Waals surface area contributed by atoms with Gasteiger partial charge < -0.3 is 4.74 Å². The van der Waals surface area contributed by atoms with Crippen LogP contribution in [0.15, 0.2) is 35.8 Å². The summed E-state index contributed by atoms with van der Waals surface area (Å²) in [5.41, 5.74) is 2.79. The van der Waals surface area contributed by atoms with Gasteiger partial charge in [-0.25, -0.2) is 0 Å². The van der Waals surface area contributed by atoms with Gasteiger partial charge in [-0.15, -0.1) is 10.2 Å². The number of benzene rings is 1. The maximum atomic E-state index is 5.38. The second-order valence-corrected chi connectivity index (χ2v) is 3.27. The van der Waals surface area contributed by atoms with Gasteiger partial charge in [0, 0.05) is 0 Å². The van der Waals surface area contributed by atoms with E-state index in [2.05, 4.69) is 10.2 Å². The van der Waals surface area contributed by atoms with Crippen LogP contribution in [0.5, 0.6) is 5.19 Å². The highest BCUT2D eigenvalue weighted by atomic mass is 32.1. The van der Waals surface area contributed by atoms with Crippen molar-refractivity contribution in [2.75, 3.05) is 0 Å². The van der Waals surface area contributed by atoms with Crippen molar-refractivity contribution in [1.29, 1.82) is 0 Å². The Hall–Kier alpha value is -1.42. The SMILES string of the molecule is c1ccc(COc2nncs2)cc1. The summed E-state index contributed by atoms with van der Waals surface area (Å²) in [5, 5.41) is 8.07. The monoisotopic (exact) mass is 192 g/mol. The molecule has 0 N–H and O–H groups in total. The van der Waals surface area contributed by atoms with Gasteiger partial charge in [0.1, 0.15) is 12.1 Å². The fourth-order valence-electron chi connectivity index (χ4n) is 0.945. The van der Waals surface area contributed by atoms with Gasteiger partial charge in [-0.2, -0.15) is 0 Å². The van der Waals surface area contributed by atoms with Crippen molar-refractivity contribution < 1.29 is 4.74 Å². The zero-order chi connectivity index (χ0) is 8.93. The molecule has 1 aromatic carbocycles. The Kier molecular flexibility index (Phi) is 2.52. The molecular weight excluding hydrogens is 184 g/mol. The summed E-state index contributed by atoms with van der Waals surface area (Å²) in [6, 6.07) is 9.98. The van der Waals surface area contributed by atoms with Gasteiger partial charge in [0.05, 0.1) is 0 Å². The Morgan fingerprint density at radius 2 is 2.08 bits per heavy atom. The van der Waals surface area contributed by atoms with Crippen LogP contribution in [-0.4, -0.2) is 10.2 Å². The molecule has 0 aliphatic rings. The average Bonchev–Trinajstić information content (AvgIpc) is 2.69. The third kappa shape index (κ3) is 2.26. The van der Waals surface area contributed by atoms with E-state index < -0.39 is 0 Å². The summed E-state index contributed by atoms with van der Waals surface area (Å²) in [6.45, 7) is 0.552. The average molecular weight is 192 g/mol. The van der Waals surface area contributed by atoms with Crippen LogP contribution in [-0.2, 0) is 6.61 Å². The maximum absolute atomic E-state index is 5.38. The molecule has 0 aliphatic heterocycles. The van der Waals surface area contributed by atoms with Crippen LogP contribution >= 0.6 is 11.3 Å². The molecule has 0 spiro atoms. The van der Waals surface area contributed by atoms with Gasteiger partial charge in [-0.3, -0.25) is 0 Å². The number of ether oxygens (including phenoxy) is 1. The Morgan fingerprint density at radius 1 is 1.23 bits per heavy atom. The van der Waals surface area contributed by atoms with Gasteiger partial charge in [0.15, 0.2) is 0 Å². The first-order chi connectivity index (χ1) is 6.45. The summed E-state index contributed by atoms with van der Waals surface area (Å²) in [6.07, 6.45) is 0. The van der Waals surface area contributed by atoms with Crippen LogP contribution in [0.4, 0.5) is 0 Å². The van der Waals surface area contributed by atoms with Crippen molar-refractivity contribution in [3.05, 3.63) is 41.4 Å². The first kappa shape index (κ1) is 8.19. The van der Waals surface area contributed by atoms with E-state index in [0.717, 1.165) is 5.56 Å². The van der Waals surface area contributed by atoms with Crippen LogP contribution in [0.3, 0.4) is 0 Å². The van der Waals surface area contributed by atoms with Crippen molar-refractivity contribution in [2.24, 2.45) is 0 Å². The lowest BCUT2D eigenvalue weighted by molar-refractivity contribution is 0.302. The van der Waals surface area contributed by atoms with E-state index in [1.165, 1.54) is 11.3 Å². The topological polar surface area (TPSA) is 35.0 Å². The summed E-state index contributed by atoms with van der Waals surface area (Å²) in [7, 11) is 0. The molecule has 0 saturated heterocycles. The largest absolute Gasteiger partial charge is 0.464 e. The molecule has 0 aliphatic carbocycles. The summed E-state index contributed by atoms with van der Waals surface area (Å²) < 4.78 is 5.38. The van der Waals surface area contributed by atoms with Crippen molar-refractivity contribution in [2.45, 2.75) is 6.61 Å². The van der Waals surface area contributed by atoms with Crippen LogP contribution in [0.1, 0.15) is 5.56 Å². The van der Waals surface area contributed by atoms with Crippen LogP contribution in [0.2, 0.25) is 0 Å². The first-order valence-corrected chi connectivity index (χ1v) is 4.76. The van der Waals surface area contributed by atoms with Crippen LogP contribution in [0.25, 0.3) is 0 Å². The molecule has 1 heterocycles. The number of aromatic nitrogens is 2. The van der Waals surface area contributed by atoms with Gasteiger partial charge in [0.25, 0.3) is 5.19 Å². The molecular formula is C9H8N2OS. The summed E-state index contributed by atoms with van der Waals surface area (Å²) in [4.78, 5) is 0. The molecule has 13 heavy (non-hydrogen) atoms. The fraction of sp³-hybridized carbons (Fsp3) is 0.111. The van der Waals surface area contributed by atoms with E-state index in [1.807, 2.05) is 30.3 Å². The second-order valence-electron chi connectivity index (χ2n) is 2.48. The summed E-state index contributed by atoms with van der Waals surface area (Å²) in [5.74, 6) is 0. The minimum absolute atomic E-state index is 0.552. The molecule has 0 bridgehead atoms. The normalized spacial score (nSPS) is 9.85. The lowest BCUT2D eigenvalue weighted by atomic mass is 10.2. The maximum Gasteiger partial charge on any atom is 0.294 e. The molecule has 0 fully saturated rings. The molecule has 0 unspecified atom stereocenters. The van der Waals surface area contributed by atoms with Crippen molar-refractivity contribution >= 4 is 11.3 Å². The lowest BCUT2D eigenvalue weighted by Gasteiger charge is -2.00. The molecule has 66 valence electrons. The van der Waals surface area contributed by atoms with Gasteiger partial charge in [-0.1, -0.05) is 41.7 Å². The molecule has 0 radical (unpaired) electrons. The summed E-state index contributed by atoms with van der Waals surface area (Å²) >= 11 is 1.40. The number of hydrogen-bond acceptors (Lipinski definition) is 4. The molecule has 2 rings (SSSR count). The standard InChI is InChI=1S/C9H8N2OS/c1-2-4-8(5-3-1)6-12-9-11-10-7-13-9/h1-5,7H,6H2. The predicted molar refractivity (Wildman–Crippen MR) is 50.7 cm³/mol. The van der Waals surface area contributed by atoms with E-state index in [-0.39, 0.29) is 0 Å². The predicted octanol–water partition coefficient (Wildman–Crippen LogP) is 2.12. The smallest absolute Gasteiger partial charge is 0.294 e. The van der Waals surface area contributed by atoms with Gasteiger partial charge >= 0.3 is 0 Å². The number of nitrogens with zero attached hydrogens (tertiary/aromatic N) is 2. The third-order valence-corrected chi connectivity index (χ3v) is 2.15. The van der Waals surface area contributed by atoms with E-state index in [9.17, 15) is 0 Å². The fourth-order valence-corrected chi connectivity index (χ4v) is 1.35. The van der Waals surface area contributed by atoms with Crippen molar-refractivity contribution in [1.82, 2.24) is 10.2 Å². The van der Waals surface area contributed by atoms with E-state index in [4.69, 9.17) is 4.74 Å². The molecule has 2 aromatic rings. The molecule has 3 nitrogen and oxygen atoms in total. The zero-order valence-corrected chi connectivity index (χ0v) is 7.70. The third-order valence-electron chi connectivity index (χ3n) is 1.55. The van der Waals surface area contributed by atoms with Crippen LogP contribution in [0, 0.1) is 0 Å². The minimum atomic E-state index is 0.552. The van der Waals surface area contributed by atoms with Crippen molar-refractivity contribution in [3.8, 4) is 5.19 Å². The van der Waals surface area contributed by atoms with Gasteiger partial charge in [-0.05, 0) is 5.56 Å². The van der Waals surface area contributed by atoms with E-state index in [0.29, 0.717) is 11.8 Å². The molecule has 1 aromatic heterocycles. The number of hydrogen-bond donors (Lipinski definition) is 0. The molecule has 4 heteroatoms. The Bertz CT molecular complexity index is 347. The first-order valence-electron chi connectivity index (χ1n) is 3.88. The van der Waals surface area contributed by atoms with Gasteiger partial charge in [0.2, 0.25) is 0 Å².